The molecule has 0 saturated carbocycles. The molecule has 0 bridgehead atoms. The Hall–Kier alpha value is -1.78. The number of nitrogens with one attached hydrogen (secondary N) is 2. The van der Waals surface area contributed by atoms with Crippen LogP contribution in [0.25, 0.3) is 0 Å². The SMILES string of the molecule is Cl.Cl.O=C(CCNS(=O)(=O)c1cccnc1)N1CCNCC1c1cccnc1. The first kappa shape index (κ1) is 24.3. The third kappa shape index (κ3) is 6.11. The van der Waals surface area contributed by atoms with Crippen LogP contribution in [0, 0.1) is 0 Å². The number of amides is 1. The third-order valence-corrected chi connectivity index (χ3v) is 5.65. The summed E-state index contributed by atoms with van der Waals surface area (Å²) in [5.41, 5.74) is 0.962. The van der Waals surface area contributed by atoms with Crippen molar-refractivity contribution >= 4 is 40.7 Å². The van der Waals surface area contributed by atoms with Crippen LogP contribution in [0.4, 0.5) is 0 Å². The molecule has 0 aromatic carbocycles. The number of hydrogen-bond donors (Lipinski definition) is 2. The molecule has 2 aromatic heterocycles. The predicted octanol–water partition coefficient (Wildman–Crippen LogP) is 1.16. The van der Waals surface area contributed by atoms with Gasteiger partial charge >= 0.3 is 0 Å². The summed E-state index contributed by atoms with van der Waals surface area (Å²) in [7, 11) is -3.66. The monoisotopic (exact) mass is 447 g/mol. The molecular formula is C17H23Cl2N5O3S. The molecule has 0 spiro atoms. The highest BCUT2D eigenvalue weighted by atomic mass is 35.5. The Bertz CT molecular complexity index is 840. The van der Waals surface area contributed by atoms with Crippen LogP contribution < -0.4 is 10.0 Å². The average molecular weight is 448 g/mol. The maximum Gasteiger partial charge on any atom is 0.242 e. The number of rotatable bonds is 6. The number of sulfonamides is 1. The van der Waals surface area contributed by atoms with E-state index in [1.54, 1.807) is 23.4 Å². The number of halogens is 2. The smallest absolute Gasteiger partial charge is 0.242 e. The van der Waals surface area contributed by atoms with Gasteiger partial charge in [-0.15, -0.1) is 24.8 Å². The van der Waals surface area contributed by atoms with Crippen molar-refractivity contribution in [1.29, 1.82) is 0 Å². The Kier molecular flexibility index (Phi) is 9.77. The zero-order chi connectivity index (χ0) is 18.4. The van der Waals surface area contributed by atoms with Gasteiger partial charge in [0.1, 0.15) is 4.90 Å². The van der Waals surface area contributed by atoms with Crippen molar-refractivity contribution < 1.29 is 13.2 Å². The molecule has 154 valence electrons. The number of carbonyl (C=O) groups is 1. The number of aromatic nitrogens is 2. The summed E-state index contributed by atoms with van der Waals surface area (Å²) >= 11 is 0. The van der Waals surface area contributed by atoms with E-state index in [1.165, 1.54) is 18.5 Å². The lowest BCUT2D eigenvalue weighted by atomic mass is 10.0. The topological polar surface area (TPSA) is 104 Å². The summed E-state index contributed by atoms with van der Waals surface area (Å²) in [6.07, 6.45) is 6.32. The Morgan fingerprint density at radius 2 is 1.89 bits per heavy atom. The van der Waals surface area contributed by atoms with Crippen LogP contribution in [0.1, 0.15) is 18.0 Å². The number of pyridine rings is 2. The lowest BCUT2D eigenvalue weighted by Gasteiger charge is -2.36. The van der Waals surface area contributed by atoms with Crippen LogP contribution in [0.2, 0.25) is 0 Å². The van der Waals surface area contributed by atoms with Gasteiger partial charge in [-0.2, -0.15) is 0 Å². The van der Waals surface area contributed by atoms with E-state index in [4.69, 9.17) is 0 Å². The first-order valence-electron chi connectivity index (χ1n) is 8.38. The molecule has 1 saturated heterocycles. The molecule has 1 fully saturated rings. The van der Waals surface area contributed by atoms with Crippen LogP contribution in [-0.4, -0.2) is 55.4 Å². The molecule has 2 N–H and O–H groups in total. The van der Waals surface area contributed by atoms with Gasteiger partial charge in [-0.25, -0.2) is 13.1 Å². The summed E-state index contributed by atoms with van der Waals surface area (Å²) in [6.45, 7) is 1.98. The summed E-state index contributed by atoms with van der Waals surface area (Å²) < 4.78 is 26.8. The molecule has 1 amide bonds. The Balaban J connectivity index is 0.00000196. The molecule has 3 heterocycles. The van der Waals surface area contributed by atoms with Gasteiger partial charge in [-0.1, -0.05) is 6.07 Å². The largest absolute Gasteiger partial charge is 0.333 e. The molecule has 2 aromatic rings. The Morgan fingerprint density at radius 3 is 2.54 bits per heavy atom. The molecule has 3 rings (SSSR count). The molecule has 1 atom stereocenters. The molecule has 0 radical (unpaired) electrons. The summed E-state index contributed by atoms with van der Waals surface area (Å²) in [4.78, 5) is 22.4. The molecule has 1 aliphatic heterocycles. The maximum absolute atomic E-state index is 12.6. The van der Waals surface area contributed by atoms with Crippen LogP contribution in [0.5, 0.6) is 0 Å². The summed E-state index contributed by atoms with van der Waals surface area (Å²) in [5.74, 6) is -0.0887. The van der Waals surface area contributed by atoms with Crippen molar-refractivity contribution in [3.63, 3.8) is 0 Å². The van der Waals surface area contributed by atoms with Gasteiger partial charge < -0.3 is 10.2 Å². The first-order chi connectivity index (χ1) is 12.6. The molecule has 28 heavy (non-hydrogen) atoms. The van der Waals surface area contributed by atoms with Gasteiger partial charge in [-0.05, 0) is 23.8 Å². The van der Waals surface area contributed by atoms with E-state index in [0.29, 0.717) is 19.6 Å². The van der Waals surface area contributed by atoms with E-state index in [0.717, 1.165) is 5.56 Å². The summed E-state index contributed by atoms with van der Waals surface area (Å²) in [5, 5.41) is 3.28. The molecule has 0 aliphatic carbocycles. The number of hydrogen-bond acceptors (Lipinski definition) is 6. The van der Waals surface area contributed by atoms with Crippen LogP contribution in [0.3, 0.4) is 0 Å². The maximum atomic E-state index is 12.6. The second-order valence-corrected chi connectivity index (χ2v) is 7.70. The predicted molar refractivity (Wildman–Crippen MR) is 110 cm³/mol. The molecule has 11 heteroatoms. The second-order valence-electron chi connectivity index (χ2n) is 5.93. The highest BCUT2D eigenvalue weighted by molar-refractivity contribution is 7.89. The van der Waals surface area contributed by atoms with E-state index in [2.05, 4.69) is 20.0 Å². The van der Waals surface area contributed by atoms with E-state index in [-0.39, 0.29) is 54.6 Å². The van der Waals surface area contributed by atoms with Crippen molar-refractivity contribution in [3.05, 3.63) is 54.6 Å². The molecule has 1 aliphatic rings. The lowest BCUT2D eigenvalue weighted by molar-refractivity contribution is -0.134. The fraction of sp³-hybridized carbons (Fsp3) is 0.353. The quantitative estimate of drug-likeness (QED) is 0.688. The highest BCUT2D eigenvalue weighted by Gasteiger charge is 2.27. The normalized spacial score (nSPS) is 16.6. The van der Waals surface area contributed by atoms with Crippen molar-refractivity contribution in [2.24, 2.45) is 0 Å². The number of piperazine rings is 1. The van der Waals surface area contributed by atoms with Gasteiger partial charge in [0, 0.05) is 57.4 Å². The van der Waals surface area contributed by atoms with Crippen LogP contribution in [-0.2, 0) is 14.8 Å². The minimum Gasteiger partial charge on any atom is -0.333 e. The van der Waals surface area contributed by atoms with Crippen molar-refractivity contribution in [1.82, 2.24) is 24.9 Å². The Morgan fingerprint density at radius 1 is 1.18 bits per heavy atom. The Labute approximate surface area is 177 Å². The number of carbonyl (C=O) groups excluding carboxylic acids is 1. The van der Waals surface area contributed by atoms with Crippen molar-refractivity contribution in [2.75, 3.05) is 26.2 Å². The fourth-order valence-electron chi connectivity index (χ4n) is 2.90. The summed E-state index contributed by atoms with van der Waals surface area (Å²) in [6, 6.07) is 6.70. The van der Waals surface area contributed by atoms with Crippen molar-refractivity contribution in [2.45, 2.75) is 17.4 Å². The van der Waals surface area contributed by atoms with Gasteiger partial charge in [0.15, 0.2) is 0 Å². The average Bonchev–Trinajstić information content (AvgIpc) is 2.69. The molecule has 1 unspecified atom stereocenters. The van der Waals surface area contributed by atoms with Crippen LogP contribution in [0.15, 0.2) is 53.9 Å². The fourth-order valence-corrected chi connectivity index (χ4v) is 3.89. The molecule has 8 nitrogen and oxygen atoms in total. The zero-order valence-corrected chi connectivity index (χ0v) is 17.5. The second kappa shape index (κ2) is 11.3. The highest BCUT2D eigenvalue weighted by Crippen LogP contribution is 2.22. The van der Waals surface area contributed by atoms with E-state index in [9.17, 15) is 13.2 Å². The molecular weight excluding hydrogens is 425 g/mol. The van der Waals surface area contributed by atoms with Gasteiger partial charge in [0.05, 0.1) is 6.04 Å². The van der Waals surface area contributed by atoms with Gasteiger partial charge in [0.2, 0.25) is 15.9 Å². The van der Waals surface area contributed by atoms with Gasteiger partial charge in [-0.3, -0.25) is 14.8 Å². The standard InChI is InChI=1S/C17H21N5O3S.2ClH/c23-17(5-8-21-26(24,25)15-4-2-7-19-12-15)22-10-9-20-13-16(22)14-3-1-6-18-11-14;;/h1-4,6-7,11-12,16,20-21H,5,8-10,13H2;2*1H. The minimum atomic E-state index is -3.66. The first-order valence-corrected chi connectivity index (χ1v) is 9.86. The third-order valence-electron chi connectivity index (χ3n) is 4.21. The van der Waals surface area contributed by atoms with Gasteiger partial charge in [0.25, 0.3) is 0 Å². The van der Waals surface area contributed by atoms with Crippen LogP contribution >= 0.6 is 24.8 Å². The lowest BCUT2D eigenvalue weighted by Crippen LogP contribution is -2.49. The van der Waals surface area contributed by atoms with Crippen molar-refractivity contribution in [3.8, 4) is 0 Å². The van der Waals surface area contributed by atoms with E-state index >= 15 is 0 Å². The zero-order valence-electron chi connectivity index (χ0n) is 15.0. The minimum absolute atomic E-state index is 0. The van der Waals surface area contributed by atoms with E-state index < -0.39 is 10.0 Å². The van der Waals surface area contributed by atoms with E-state index in [1.807, 2.05) is 12.1 Å². The number of nitrogens with zero attached hydrogens (tertiary/aromatic N) is 3.